The lowest BCUT2D eigenvalue weighted by molar-refractivity contribution is -0.133. The van der Waals surface area contributed by atoms with Crippen LogP contribution in [0.2, 0.25) is 0 Å². The normalized spacial score (nSPS) is 17.4. The molecular formula is C22H26N2O4. The average molecular weight is 382 g/mol. The highest BCUT2D eigenvalue weighted by atomic mass is 16.5. The van der Waals surface area contributed by atoms with E-state index in [0.717, 1.165) is 12.0 Å². The lowest BCUT2D eigenvalue weighted by Crippen LogP contribution is -2.43. The van der Waals surface area contributed by atoms with E-state index in [1.807, 2.05) is 42.2 Å². The van der Waals surface area contributed by atoms with Gasteiger partial charge >= 0.3 is 0 Å². The smallest absolute Gasteiger partial charge is 0.257 e. The van der Waals surface area contributed by atoms with E-state index >= 15 is 0 Å². The summed E-state index contributed by atoms with van der Waals surface area (Å²) in [6, 6.07) is 14.7. The van der Waals surface area contributed by atoms with Gasteiger partial charge in [-0.1, -0.05) is 43.3 Å². The Balaban J connectivity index is 1.82. The molecule has 0 spiro atoms. The van der Waals surface area contributed by atoms with Gasteiger partial charge in [0.05, 0.1) is 12.7 Å². The van der Waals surface area contributed by atoms with E-state index in [9.17, 15) is 14.7 Å². The number of rotatable bonds is 5. The molecule has 6 nitrogen and oxygen atoms in total. The van der Waals surface area contributed by atoms with Gasteiger partial charge in [-0.15, -0.1) is 0 Å². The summed E-state index contributed by atoms with van der Waals surface area (Å²) in [5.41, 5.74) is 1.26. The summed E-state index contributed by atoms with van der Waals surface area (Å²) in [7, 11) is 1.45. The first-order valence-corrected chi connectivity index (χ1v) is 9.53. The Morgan fingerprint density at radius 1 is 1.18 bits per heavy atom. The maximum atomic E-state index is 13.1. The predicted octanol–water partition coefficient (Wildman–Crippen LogP) is 3.05. The van der Waals surface area contributed by atoms with Crippen molar-refractivity contribution in [3.63, 3.8) is 0 Å². The average Bonchev–Trinajstić information content (AvgIpc) is 2.88. The van der Waals surface area contributed by atoms with Crippen molar-refractivity contribution in [1.29, 1.82) is 0 Å². The van der Waals surface area contributed by atoms with E-state index in [1.54, 1.807) is 23.1 Å². The Kier molecular flexibility index (Phi) is 6.19. The lowest BCUT2D eigenvalue weighted by atomic mass is 10.1. The Labute approximate surface area is 165 Å². The highest BCUT2D eigenvalue weighted by Gasteiger charge is 2.32. The van der Waals surface area contributed by atoms with Gasteiger partial charge in [-0.25, -0.2) is 0 Å². The molecule has 1 aliphatic rings. The van der Waals surface area contributed by atoms with E-state index in [0.29, 0.717) is 19.6 Å². The number of ether oxygens (including phenoxy) is 1. The van der Waals surface area contributed by atoms with Crippen LogP contribution < -0.4 is 4.74 Å². The SMILES string of the molecule is CC[C@@H]1CN(C(=O)c2cccc(OC)c2O)CCC(=O)N1Cc1ccccc1. The molecule has 1 atom stereocenters. The van der Waals surface area contributed by atoms with Crippen LogP contribution in [0.5, 0.6) is 11.5 Å². The van der Waals surface area contributed by atoms with Crippen molar-refractivity contribution < 1.29 is 19.4 Å². The molecule has 2 aromatic carbocycles. The number of carbonyl (C=O) groups is 2. The monoisotopic (exact) mass is 382 g/mol. The van der Waals surface area contributed by atoms with Crippen molar-refractivity contribution in [3.8, 4) is 11.5 Å². The number of amides is 2. The van der Waals surface area contributed by atoms with Gasteiger partial charge in [0.15, 0.2) is 11.5 Å². The molecule has 1 saturated heterocycles. The molecular weight excluding hydrogens is 356 g/mol. The molecule has 2 aromatic rings. The molecule has 0 unspecified atom stereocenters. The highest BCUT2D eigenvalue weighted by molar-refractivity contribution is 5.98. The molecule has 6 heteroatoms. The van der Waals surface area contributed by atoms with Crippen LogP contribution in [0.25, 0.3) is 0 Å². The van der Waals surface area contributed by atoms with Crippen molar-refractivity contribution in [2.45, 2.75) is 32.4 Å². The maximum absolute atomic E-state index is 13.1. The van der Waals surface area contributed by atoms with Crippen LogP contribution in [0.3, 0.4) is 0 Å². The third-order valence-electron chi connectivity index (χ3n) is 5.19. The molecule has 0 saturated carbocycles. The Hall–Kier alpha value is -3.02. The predicted molar refractivity (Wildman–Crippen MR) is 106 cm³/mol. The number of phenolic OH excluding ortho intramolecular Hbond substituents is 1. The zero-order valence-electron chi connectivity index (χ0n) is 16.3. The maximum Gasteiger partial charge on any atom is 0.257 e. The molecule has 1 N–H and O–H groups in total. The van der Waals surface area contributed by atoms with Gasteiger partial charge in [-0.05, 0) is 24.1 Å². The van der Waals surface area contributed by atoms with Crippen molar-refractivity contribution in [2.75, 3.05) is 20.2 Å². The minimum absolute atomic E-state index is 0.0425. The molecule has 1 aliphatic heterocycles. The van der Waals surface area contributed by atoms with Crippen molar-refractivity contribution in [3.05, 3.63) is 59.7 Å². The van der Waals surface area contributed by atoms with Crippen LogP contribution in [0.15, 0.2) is 48.5 Å². The highest BCUT2D eigenvalue weighted by Crippen LogP contribution is 2.31. The van der Waals surface area contributed by atoms with Gasteiger partial charge in [0.1, 0.15) is 0 Å². The Morgan fingerprint density at radius 2 is 1.93 bits per heavy atom. The van der Waals surface area contributed by atoms with E-state index in [2.05, 4.69) is 0 Å². The van der Waals surface area contributed by atoms with Crippen molar-refractivity contribution in [2.24, 2.45) is 0 Å². The number of carbonyl (C=O) groups excluding carboxylic acids is 2. The quantitative estimate of drug-likeness (QED) is 0.863. The number of benzene rings is 2. The number of methoxy groups -OCH3 is 1. The lowest BCUT2D eigenvalue weighted by Gasteiger charge is -2.31. The summed E-state index contributed by atoms with van der Waals surface area (Å²) in [4.78, 5) is 29.4. The van der Waals surface area contributed by atoms with E-state index in [4.69, 9.17) is 4.74 Å². The van der Waals surface area contributed by atoms with Crippen molar-refractivity contribution >= 4 is 11.8 Å². The molecule has 2 amide bonds. The minimum Gasteiger partial charge on any atom is -0.504 e. The van der Waals surface area contributed by atoms with E-state index < -0.39 is 0 Å². The topological polar surface area (TPSA) is 70.1 Å². The molecule has 0 aliphatic carbocycles. The zero-order valence-corrected chi connectivity index (χ0v) is 16.3. The second kappa shape index (κ2) is 8.78. The first kappa shape index (κ1) is 19.7. The number of nitrogens with zero attached hydrogens (tertiary/aromatic N) is 2. The second-order valence-corrected chi connectivity index (χ2v) is 6.93. The van der Waals surface area contributed by atoms with Gasteiger partial charge < -0.3 is 19.6 Å². The molecule has 0 radical (unpaired) electrons. The summed E-state index contributed by atoms with van der Waals surface area (Å²) in [5, 5.41) is 10.3. The van der Waals surface area contributed by atoms with Crippen LogP contribution >= 0.6 is 0 Å². The van der Waals surface area contributed by atoms with Crippen LogP contribution in [-0.4, -0.2) is 53.0 Å². The second-order valence-electron chi connectivity index (χ2n) is 6.93. The largest absolute Gasteiger partial charge is 0.504 e. The molecule has 0 aromatic heterocycles. The number of para-hydroxylation sites is 1. The summed E-state index contributed by atoms with van der Waals surface area (Å²) < 4.78 is 5.11. The van der Waals surface area contributed by atoms with Gasteiger partial charge in [-0.2, -0.15) is 0 Å². The van der Waals surface area contributed by atoms with Crippen LogP contribution in [0.4, 0.5) is 0 Å². The molecule has 1 fully saturated rings. The Morgan fingerprint density at radius 3 is 2.61 bits per heavy atom. The van der Waals surface area contributed by atoms with E-state index in [-0.39, 0.29) is 41.3 Å². The van der Waals surface area contributed by atoms with Crippen molar-refractivity contribution in [1.82, 2.24) is 9.80 Å². The Bertz CT molecular complexity index is 838. The van der Waals surface area contributed by atoms with Crippen LogP contribution in [-0.2, 0) is 11.3 Å². The fourth-order valence-corrected chi connectivity index (χ4v) is 3.58. The fraction of sp³-hybridized carbons (Fsp3) is 0.364. The number of hydrogen-bond donors (Lipinski definition) is 1. The standard InChI is InChI=1S/C22H26N2O4/c1-3-17-15-23(22(27)18-10-7-11-19(28-2)21(18)26)13-12-20(25)24(17)14-16-8-5-4-6-9-16/h4-11,17,26H,3,12-15H2,1-2H3/t17-/m1/s1. The number of phenols is 1. The summed E-state index contributed by atoms with van der Waals surface area (Å²) in [6.45, 7) is 3.32. The third kappa shape index (κ3) is 4.11. The van der Waals surface area contributed by atoms with Crippen LogP contribution in [0, 0.1) is 0 Å². The number of aromatic hydroxyl groups is 1. The summed E-state index contributed by atoms with van der Waals surface area (Å²) in [6.07, 6.45) is 1.01. The third-order valence-corrected chi connectivity index (χ3v) is 5.19. The van der Waals surface area contributed by atoms with Gasteiger partial charge in [0.2, 0.25) is 5.91 Å². The molecule has 148 valence electrons. The van der Waals surface area contributed by atoms with Gasteiger partial charge in [0, 0.05) is 32.1 Å². The number of hydrogen-bond acceptors (Lipinski definition) is 4. The summed E-state index contributed by atoms with van der Waals surface area (Å²) >= 11 is 0. The minimum atomic E-state index is -0.288. The molecule has 3 rings (SSSR count). The molecule has 1 heterocycles. The zero-order chi connectivity index (χ0) is 20.1. The first-order valence-electron chi connectivity index (χ1n) is 9.53. The summed E-state index contributed by atoms with van der Waals surface area (Å²) in [5.74, 6) is -0.153. The van der Waals surface area contributed by atoms with Gasteiger partial charge in [0.25, 0.3) is 5.91 Å². The first-order chi connectivity index (χ1) is 13.5. The van der Waals surface area contributed by atoms with Gasteiger partial charge in [-0.3, -0.25) is 9.59 Å². The van der Waals surface area contributed by atoms with E-state index in [1.165, 1.54) is 7.11 Å². The molecule has 0 bridgehead atoms. The van der Waals surface area contributed by atoms with Crippen LogP contribution in [0.1, 0.15) is 35.7 Å². The molecule has 28 heavy (non-hydrogen) atoms. The fourth-order valence-electron chi connectivity index (χ4n) is 3.58.